The number of pyridine rings is 1. The van der Waals surface area contributed by atoms with Crippen molar-refractivity contribution in [3.05, 3.63) is 59.9 Å². The number of anilines is 1. The zero-order valence-electron chi connectivity index (χ0n) is 22.1. The molecule has 206 valence electrons. The third kappa shape index (κ3) is 6.76. The molecule has 4 aromatic rings. The molecular weight excluding hydrogens is 522 g/mol. The predicted molar refractivity (Wildman–Crippen MR) is 150 cm³/mol. The summed E-state index contributed by atoms with van der Waals surface area (Å²) in [5, 5.41) is 0.973. The number of esters is 1. The van der Waals surface area contributed by atoms with Gasteiger partial charge in [0.2, 0.25) is 5.91 Å². The topological polar surface area (TPSA) is 122 Å². The van der Waals surface area contributed by atoms with Gasteiger partial charge in [-0.1, -0.05) is 30.3 Å². The SMILES string of the molecule is COCCc1nc2c(N)nc3ccccc3c2n1CCCN(Cc1ccc(OCC(=O)OC)cc1)C(=O)CCl. The fourth-order valence-corrected chi connectivity index (χ4v) is 4.61. The third-order valence-electron chi connectivity index (χ3n) is 6.38. The molecule has 0 radical (unpaired) electrons. The molecule has 11 heteroatoms. The number of imidazole rings is 1. The Balaban J connectivity index is 1.51. The number of aromatic nitrogens is 3. The second-order valence-electron chi connectivity index (χ2n) is 8.95. The van der Waals surface area contributed by atoms with Crippen LogP contribution < -0.4 is 10.5 Å². The van der Waals surface area contributed by atoms with Gasteiger partial charge in [0.25, 0.3) is 0 Å². The number of rotatable bonds is 13. The second-order valence-corrected chi connectivity index (χ2v) is 9.21. The number of para-hydroxylation sites is 1. The van der Waals surface area contributed by atoms with Gasteiger partial charge in [-0.05, 0) is 30.2 Å². The standard InChI is InChI=1S/C28H32ClN5O5/c1-37-15-12-23-32-26-27(21-6-3-4-7-22(21)31-28(26)30)34(23)14-5-13-33(24(35)16-29)17-19-8-10-20(11-9-19)39-18-25(36)38-2/h3-4,6-11H,5,12-18H2,1-2H3,(H2,30,31). The molecule has 2 aromatic heterocycles. The highest BCUT2D eigenvalue weighted by molar-refractivity contribution is 6.27. The Bertz CT molecular complexity index is 1440. The molecule has 2 aromatic carbocycles. The van der Waals surface area contributed by atoms with Crippen molar-refractivity contribution in [1.29, 1.82) is 0 Å². The van der Waals surface area contributed by atoms with E-state index in [1.54, 1.807) is 24.1 Å². The quantitative estimate of drug-likeness (QED) is 0.197. The van der Waals surface area contributed by atoms with E-state index in [0.717, 1.165) is 27.8 Å². The van der Waals surface area contributed by atoms with Gasteiger partial charge >= 0.3 is 5.97 Å². The van der Waals surface area contributed by atoms with E-state index in [9.17, 15) is 9.59 Å². The second kappa shape index (κ2) is 13.3. The molecule has 4 rings (SSSR count). The molecule has 0 aliphatic rings. The normalized spacial score (nSPS) is 11.2. The van der Waals surface area contributed by atoms with Crippen molar-refractivity contribution in [2.45, 2.75) is 25.9 Å². The van der Waals surface area contributed by atoms with Crippen LogP contribution in [-0.2, 0) is 38.6 Å². The summed E-state index contributed by atoms with van der Waals surface area (Å²) in [4.78, 5) is 35.1. The maximum atomic E-state index is 12.7. The number of nitrogens with zero attached hydrogens (tertiary/aromatic N) is 4. The zero-order valence-corrected chi connectivity index (χ0v) is 22.8. The molecule has 0 aliphatic heterocycles. The van der Waals surface area contributed by atoms with Gasteiger partial charge in [0.15, 0.2) is 12.4 Å². The lowest BCUT2D eigenvalue weighted by Crippen LogP contribution is -2.33. The largest absolute Gasteiger partial charge is 0.482 e. The van der Waals surface area contributed by atoms with Gasteiger partial charge in [-0.25, -0.2) is 14.8 Å². The zero-order chi connectivity index (χ0) is 27.8. The number of aryl methyl sites for hydroxylation is 1. The summed E-state index contributed by atoms with van der Waals surface area (Å²) in [6.07, 6.45) is 1.29. The molecule has 0 saturated heterocycles. The highest BCUT2D eigenvalue weighted by Crippen LogP contribution is 2.29. The van der Waals surface area contributed by atoms with Crippen LogP contribution in [0.2, 0.25) is 0 Å². The molecule has 0 fully saturated rings. The molecule has 39 heavy (non-hydrogen) atoms. The number of nitrogen functional groups attached to an aromatic ring is 1. The Morgan fingerprint density at radius 2 is 1.85 bits per heavy atom. The van der Waals surface area contributed by atoms with Gasteiger partial charge < -0.3 is 29.4 Å². The lowest BCUT2D eigenvalue weighted by molar-refractivity contribution is -0.142. The summed E-state index contributed by atoms with van der Waals surface area (Å²) in [5.74, 6) is 1.06. The van der Waals surface area contributed by atoms with Crippen molar-refractivity contribution in [1.82, 2.24) is 19.4 Å². The van der Waals surface area contributed by atoms with E-state index < -0.39 is 5.97 Å². The molecule has 0 saturated carbocycles. The number of nitrogens with two attached hydrogens (primary N) is 1. The number of hydrogen-bond donors (Lipinski definition) is 1. The van der Waals surface area contributed by atoms with Crippen molar-refractivity contribution < 1.29 is 23.8 Å². The highest BCUT2D eigenvalue weighted by Gasteiger charge is 2.18. The molecule has 2 N–H and O–H groups in total. The lowest BCUT2D eigenvalue weighted by Gasteiger charge is -2.22. The van der Waals surface area contributed by atoms with Gasteiger partial charge in [-0.3, -0.25) is 4.79 Å². The lowest BCUT2D eigenvalue weighted by atomic mass is 10.2. The van der Waals surface area contributed by atoms with Crippen LogP contribution in [0.5, 0.6) is 5.75 Å². The Morgan fingerprint density at radius 3 is 2.56 bits per heavy atom. The molecule has 0 spiro atoms. The molecular formula is C28H32ClN5O5. The maximum absolute atomic E-state index is 12.7. The Kier molecular flexibility index (Phi) is 9.56. The number of halogens is 1. The summed E-state index contributed by atoms with van der Waals surface area (Å²) in [5.41, 5.74) is 9.61. The van der Waals surface area contributed by atoms with E-state index >= 15 is 0 Å². The number of carbonyl (C=O) groups is 2. The first-order valence-corrected chi connectivity index (χ1v) is 13.1. The number of hydrogen-bond acceptors (Lipinski definition) is 8. The fourth-order valence-electron chi connectivity index (χ4n) is 4.44. The van der Waals surface area contributed by atoms with Crippen LogP contribution in [0.4, 0.5) is 5.82 Å². The number of benzene rings is 2. The van der Waals surface area contributed by atoms with Crippen molar-refractivity contribution in [3.8, 4) is 5.75 Å². The number of amides is 1. The van der Waals surface area contributed by atoms with Crippen molar-refractivity contribution in [2.24, 2.45) is 0 Å². The number of alkyl halides is 1. The van der Waals surface area contributed by atoms with Crippen LogP contribution in [0.15, 0.2) is 48.5 Å². The first kappa shape index (κ1) is 28.1. The van der Waals surface area contributed by atoms with Crippen LogP contribution in [-0.4, -0.2) is 71.2 Å². The summed E-state index contributed by atoms with van der Waals surface area (Å²) in [6, 6.07) is 15.1. The van der Waals surface area contributed by atoms with E-state index in [4.69, 9.17) is 31.8 Å². The number of fused-ring (bicyclic) bond motifs is 3. The van der Waals surface area contributed by atoms with Crippen LogP contribution in [0.1, 0.15) is 17.8 Å². The van der Waals surface area contributed by atoms with Gasteiger partial charge in [0.1, 0.15) is 23.0 Å². The number of methoxy groups -OCH3 is 2. The summed E-state index contributed by atoms with van der Waals surface area (Å²) >= 11 is 5.94. The molecule has 0 atom stereocenters. The molecule has 0 bridgehead atoms. The van der Waals surface area contributed by atoms with E-state index in [-0.39, 0.29) is 18.4 Å². The molecule has 0 aliphatic carbocycles. The first-order valence-electron chi connectivity index (χ1n) is 12.6. The summed E-state index contributed by atoms with van der Waals surface area (Å²) in [6.45, 7) is 1.86. The maximum Gasteiger partial charge on any atom is 0.343 e. The Labute approximate surface area is 231 Å². The van der Waals surface area contributed by atoms with Gasteiger partial charge in [-0.15, -0.1) is 11.6 Å². The van der Waals surface area contributed by atoms with E-state index in [0.29, 0.717) is 56.2 Å². The van der Waals surface area contributed by atoms with Crippen molar-refractivity contribution in [2.75, 3.05) is 45.6 Å². The summed E-state index contributed by atoms with van der Waals surface area (Å²) < 4.78 is 17.5. The third-order valence-corrected chi connectivity index (χ3v) is 6.61. The van der Waals surface area contributed by atoms with Crippen LogP contribution in [0, 0.1) is 0 Å². The van der Waals surface area contributed by atoms with E-state index in [1.165, 1.54) is 7.11 Å². The van der Waals surface area contributed by atoms with E-state index in [1.807, 2.05) is 36.4 Å². The van der Waals surface area contributed by atoms with E-state index in [2.05, 4.69) is 14.3 Å². The van der Waals surface area contributed by atoms with Crippen LogP contribution in [0.25, 0.3) is 21.9 Å². The molecule has 1 amide bonds. The van der Waals surface area contributed by atoms with Gasteiger partial charge in [0, 0.05) is 38.6 Å². The smallest absolute Gasteiger partial charge is 0.343 e. The number of carbonyl (C=O) groups excluding carboxylic acids is 2. The van der Waals surface area contributed by atoms with Crippen molar-refractivity contribution in [3.63, 3.8) is 0 Å². The Hall–Kier alpha value is -3.89. The summed E-state index contributed by atoms with van der Waals surface area (Å²) in [7, 11) is 2.97. The van der Waals surface area contributed by atoms with Gasteiger partial charge in [0.05, 0.1) is 24.8 Å². The van der Waals surface area contributed by atoms with Crippen molar-refractivity contribution >= 4 is 51.2 Å². The van der Waals surface area contributed by atoms with Crippen LogP contribution in [0.3, 0.4) is 0 Å². The molecule has 2 heterocycles. The number of ether oxygens (including phenoxy) is 3. The fraction of sp³-hybridized carbons (Fsp3) is 0.357. The highest BCUT2D eigenvalue weighted by atomic mass is 35.5. The minimum Gasteiger partial charge on any atom is -0.482 e. The predicted octanol–water partition coefficient (Wildman–Crippen LogP) is 3.57. The minimum atomic E-state index is -0.457. The average Bonchev–Trinajstić information content (AvgIpc) is 3.33. The monoisotopic (exact) mass is 553 g/mol. The van der Waals surface area contributed by atoms with Gasteiger partial charge in [-0.2, -0.15) is 0 Å². The van der Waals surface area contributed by atoms with Crippen LogP contribution >= 0.6 is 11.6 Å². The molecule has 10 nitrogen and oxygen atoms in total. The minimum absolute atomic E-state index is 0.111. The Morgan fingerprint density at radius 1 is 1.08 bits per heavy atom. The molecule has 0 unspecified atom stereocenters. The average molecular weight is 554 g/mol. The first-order chi connectivity index (χ1) is 18.9.